The van der Waals surface area contributed by atoms with E-state index in [4.69, 9.17) is 9.47 Å². The third-order valence-electron chi connectivity index (χ3n) is 4.71. The maximum atomic E-state index is 12.6. The number of aromatic nitrogens is 4. The van der Waals surface area contributed by atoms with Gasteiger partial charge < -0.3 is 19.4 Å². The van der Waals surface area contributed by atoms with E-state index in [0.717, 1.165) is 22.1 Å². The number of nitrogens with zero attached hydrogens (tertiary/aromatic N) is 4. The Morgan fingerprint density at radius 2 is 1.87 bits per heavy atom. The molecule has 0 spiro atoms. The quantitative estimate of drug-likeness (QED) is 0.464. The standard InChI is InChI=1S/C21H27N5O3S2/c1-7-26-18(13(3)29-17-10-8-16(28-6)9-11-17)24-25-21(26)31-15(5)19(27)23-20-22-12(2)14(4)30-20/h8-11,13,15H,7H2,1-6H3,(H,22,23,27). The molecule has 0 aliphatic heterocycles. The third-order valence-corrected chi connectivity index (χ3v) is 6.78. The molecule has 1 aromatic carbocycles. The predicted octanol–water partition coefficient (Wildman–Crippen LogP) is 4.64. The second kappa shape index (κ2) is 10.1. The van der Waals surface area contributed by atoms with Crippen molar-refractivity contribution in [3.8, 4) is 11.5 Å². The van der Waals surface area contributed by atoms with Crippen molar-refractivity contribution in [3.05, 3.63) is 40.7 Å². The van der Waals surface area contributed by atoms with E-state index in [9.17, 15) is 4.79 Å². The van der Waals surface area contributed by atoms with Gasteiger partial charge in [-0.3, -0.25) is 4.79 Å². The lowest BCUT2D eigenvalue weighted by Crippen LogP contribution is -2.23. The Hall–Kier alpha value is -2.59. The molecular formula is C21H27N5O3S2. The molecule has 10 heteroatoms. The minimum absolute atomic E-state index is 0.117. The fraction of sp³-hybridized carbons (Fsp3) is 0.429. The van der Waals surface area contributed by atoms with E-state index in [2.05, 4.69) is 20.5 Å². The number of rotatable bonds is 9. The van der Waals surface area contributed by atoms with E-state index in [-0.39, 0.29) is 17.3 Å². The highest BCUT2D eigenvalue weighted by molar-refractivity contribution is 8.00. The average Bonchev–Trinajstić information content (AvgIpc) is 3.30. The zero-order chi connectivity index (χ0) is 22.5. The molecule has 3 rings (SSSR count). The molecule has 2 aromatic heterocycles. The molecule has 0 saturated carbocycles. The van der Waals surface area contributed by atoms with Crippen molar-refractivity contribution in [1.82, 2.24) is 19.7 Å². The summed E-state index contributed by atoms with van der Waals surface area (Å²) in [5.41, 5.74) is 0.932. The zero-order valence-corrected chi connectivity index (χ0v) is 20.1. The number of hydrogen-bond acceptors (Lipinski definition) is 8. The topological polar surface area (TPSA) is 91.2 Å². The Kier molecular flexibility index (Phi) is 7.55. The molecule has 0 radical (unpaired) electrons. The maximum absolute atomic E-state index is 12.6. The van der Waals surface area contributed by atoms with Gasteiger partial charge in [0, 0.05) is 11.4 Å². The Bertz CT molecular complexity index is 1010. The number of benzene rings is 1. The first-order chi connectivity index (χ1) is 14.8. The van der Waals surface area contributed by atoms with Crippen LogP contribution in [0.4, 0.5) is 5.13 Å². The van der Waals surface area contributed by atoms with Gasteiger partial charge in [0.2, 0.25) is 5.91 Å². The van der Waals surface area contributed by atoms with Crippen molar-refractivity contribution in [2.75, 3.05) is 12.4 Å². The highest BCUT2D eigenvalue weighted by Gasteiger charge is 2.23. The van der Waals surface area contributed by atoms with Gasteiger partial charge in [0.25, 0.3) is 0 Å². The van der Waals surface area contributed by atoms with Crippen molar-refractivity contribution in [2.45, 2.75) is 57.7 Å². The van der Waals surface area contributed by atoms with Gasteiger partial charge in [-0.25, -0.2) is 4.98 Å². The Morgan fingerprint density at radius 1 is 1.19 bits per heavy atom. The number of thiazole rings is 1. The summed E-state index contributed by atoms with van der Waals surface area (Å²) < 4.78 is 13.2. The molecular weight excluding hydrogens is 434 g/mol. The van der Waals surface area contributed by atoms with Gasteiger partial charge in [0.15, 0.2) is 22.2 Å². The number of amides is 1. The molecule has 0 fully saturated rings. The average molecular weight is 462 g/mol. The van der Waals surface area contributed by atoms with Gasteiger partial charge in [0.05, 0.1) is 18.1 Å². The molecule has 0 aliphatic carbocycles. The van der Waals surface area contributed by atoms with E-state index in [0.29, 0.717) is 22.7 Å². The SMILES string of the molecule is CCn1c(SC(C)C(=O)Nc2nc(C)c(C)s2)nnc1C(C)Oc1ccc(OC)cc1. The summed E-state index contributed by atoms with van der Waals surface area (Å²) in [6.45, 7) is 10.4. The van der Waals surface area contributed by atoms with Gasteiger partial charge in [-0.15, -0.1) is 21.5 Å². The second-order valence-electron chi connectivity index (χ2n) is 6.93. The zero-order valence-electron chi connectivity index (χ0n) is 18.5. The van der Waals surface area contributed by atoms with Crippen LogP contribution in [0.15, 0.2) is 29.4 Å². The molecule has 0 saturated heterocycles. The summed E-state index contributed by atoms with van der Waals surface area (Å²) in [6.07, 6.45) is -0.305. The first kappa shape index (κ1) is 23.1. The molecule has 1 amide bonds. The van der Waals surface area contributed by atoms with Crippen LogP contribution in [0.3, 0.4) is 0 Å². The van der Waals surface area contributed by atoms with Gasteiger partial charge in [0.1, 0.15) is 11.5 Å². The number of carbonyl (C=O) groups is 1. The number of aryl methyl sites for hydroxylation is 2. The second-order valence-corrected chi connectivity index (χ2v) is 9.44. The summed E-state index contributed by atoms with van der Waals surface area (Å²) in [4.78, 5) is 18.1. The minimum Gasteiger partial charge on any atom is -0.497 e. The minimum atomic E-state index is -0.357. The molecule has 2 heterocycles. The summed E-state index contributed by atoms with van der Waals surface area (Å²) >= 11 is 2.84. The van der Waals surface area contributed by atoms with Gasteiger partial charge in [-0.2, -0.15) is 0 Å². The van der Waals surface area contributed by atoms with Crippen LogP contribution < -0.4 is 14.8 Å². The molecule has 8 nitrogen and oxygen atoms in total. The highest BCUT2D eigenvalue weighted by Crippen LogP contribution is 2.29. The normalized spacial score (nSPS) is 13.0. The fourth-order valence-corrected chi connectivity index (χ4v) is 4.58. The third kappa shape index (κ3) is 5.56. The lowest BCUT2D eigenvalue weighted by atomic mass is 10.3. The number of methoxy groups -OCH3 is 1. The molecule has 0 bridgehead atoms. The largest absolute Gasteiger partial charge is 0.497 e. The van der Waals surface area contributed by atoms with Crippen LogP contribution in [-0.4, -0.2) is 38.0 Å². The lowest BCUT2D eigenvalue weighted by Gasteiger charge is -2.16. The molecule has 1 N–H and O–H groups in total. The molecule has 2 atom stereocenters. The smallest absolute Gasteiger partial charge is 0.239 e. The van der Waals surface area contributed by atoms with Crippen molar-refractivity contribution in [1.29, 1.82) is 0 Å². The summed E-state index contributed by atoms with van der Waals surface area (Å²) in [5.74, 6) is 2.08. The predicted molar refractivity (Wildman–Crippen MR) is 123 cm³/mol. The molecule has 166 valence electrons. The first-order valence-corrected chi connectivity index (χ1v) is 11.7. The van der Waals surface area contributed by atoms with Crippen LogP contribution in [0, 0.1) is 13.8 Å². The van der Waals surface area contributed by atoms with Crippen LogP contribution in [0.5, 0.6) is 11.5 Å². The fourth-order valence-electron chi connectivity index (χ4n) is 2.84. The molecule has 0 aliphatic rings. The van der Waals surface area contributed by atoms with Crippen molar-refractivity contribution < 1.29 is 14.3 Å². The van der Waals surface area contributed by atoms with Gasteiger partial charge in [-0.1, -0.05) is 11.8 Å². The van der Waals surface area contributed by atoms with E-state index in [1.165, 1.54) is 23.1 Å². The highest BCUT2D eigenvalue weighted by atomic mass is 32.2. The molecule has 3 aromatic rings. The van der Waals surface area contributed by atoms with Crippen LogP contribution in [-0.2, 0) is 11.3 Å². The monoisotopic (exact) mass is 461 g/mol. The Morgan fingerprint density at radius 3 is 2.45 bits per heavy atom. The Balaban J connectivity index is 1.67. The maximum Gasteiger partial charge on any atom is 0.239 e. The van der Waals surface area contributed by atoms with Crippen LogP contribution >= 0.6 is 23.1 Å². The summed E-state index contributed by atoms with van der Waals surface area (Å²) in [6, 6.07) is 7.40. The van der Waals surface area contributed by atoms with Gasteiger partial charge in [-0.05, 0) is 58.9 Å². The number of nitrogens with one attached hydrogen (secondary N) is 1. The first-order valence-electron chi connectivity index (χ1n) is 9.97. The number of anilines is 1. The lowest BCUT2D eigenvalue weighted by molar-refractivity contribution is -0.115. The van der Waals surface area contributed by atoms with E-state index >= 15 is 0 Å². The van der Waals surface area contributed by atoms with Crippen molar-refractivity contribution >= 4 is 34.1 Å². The van der Waals surface area contributed by atoms with E-state index in [1.807, 2.05) is 63.5 Å². The molecule has 31 heavy (non-hydrogen) atoms. The number of thioether (sulfide) groups is 1. The van der Waals surface area contributed by atoms with Crippen LogP contribution in [0.2, 0.25) is 0 Å². The Labute approximate surface area is 190 Å². The van der Waals surface area contributed by atoms with Crippen LogP contribution in [0.1, 0.15) is 43.3 Å². The number of hydrogen-bond donors (Lipinski definition) is 1. The summed E-state index contributed by atoms with van der Waals surface area (Å²) in [7, 11) is 1.63. The molecule has 2 unspecified atom stereocenters. The van der Waals surface area contributed by atoms with Crippen LogP contribution in [0.25, 0.3) is 0 Å². The van der Waals surface area contributed by atoms with Crippen molar-refractivity contribution in [2.24, 2.45) is 0 Å². The number of ether oxygens (including phenoxy) is 2. The van der Waals surface area contributed by atoms with Crippen molar-refractivity contribution in [3.63, 3.8) is 0 Å². The van der Waals surface area contributed by atoms with Gasteiger partial charge >= 0.3 is 0 Å². The number of carbonyl (C=O) groups excluding carboxylic acids is 1. The van der Waals surface area contributed by atoms with E-state index in [1.54, 1.807) is 7.11 Å². The summed E-state index contributed by atoms with van der Waals surface area (Å²) in [5, 5.41) is 12.5. The van der Waals surface area contributed by atoms with E-state index < -0.39 is 0 Å².